The Morgan fingerprint density at radius 2 is 2.04 bits per heavy atom. The average molecular weight is 358 g/mol. The molecule has 0 unspecified atom stereocenters. The van der Waals surface area contributed by atoms with Gasteiger partial charge in [0, 0.05) is 17.5 Å². The molecule has 0 radical (unpaired) electrons. The van der Waals surface area contributed by atoms with Crippen molar-refractivity contribution >= 4 is 17.7 Å². The number of anilines is 1. The maximum Gasteiger partial charge on any atom is 0.412 e. The number of methoxy groups -OCH3 is 1. The lowest BCUT2D eigenvalue weighted by atomic mass is 9.56. The van der Waals surface area contributed by atoms with Gasteiger partial charge in [-0.05, 0) is 57.2 Å². The lowest BCUT2D eigenvalue weighted by Gasteiger charge is -2.47. The predicted octanol–water partition coefficient (Wildman–Crippen LogP) is 4.16. The molecule has 0 aliphatic heterocycles. The fraction of sp³-hybridized carbons (Fsp3) is 0.550. The molecule has 1 aliphatic carbocycles. The molecule has 0 heterocycles. The van der Waals surface area contributed by atoms with E-state index in [9.17, 15) is 9.59 Å². The van der Waals surface area contributed by atoms with Crippen molar-refractivity contribution in [2.24, 2.45) is 5.92 Å². The number of nitriles is 1. The van der Waals surface area contributed by atoms with Crippen LogP contribution >= 0.6 is 0 Å². The van der Waals surface area contributed by atoms with Crippen molar-refractivity contribution in [2.45, 2.75) is 57.5 Å². The molecule has 1 N–H and O–H groups in total. The number of amides is 1. The standard InChI is InChI=1S/C20H26N2O4/c1-19(2,3)26-18(24)22-16-7-5-6-15(10-16)20(13-17(23)25-4)11-14(12-20)8-9-21/h5-7,10,14H,8,11-13H2,1-4H3,(H,22,24). The second-order valence-electron chi connectivity index (χ2n) is 7.88. The number of esters is 1. The van der Waals surface area contributed by atoms with E-state index >= 15 is 0 Å². The number of rotatable bonds is 5. The highest BCUT2D eigenvalue weighted by atomic mass is 16.6. The highest BCUT2D eigenvalue weighted by Gasteiger charge is 2.47. The van der Waals surface area contributed by atoms with Gasteiger partial charge < -0.3 is 9.47 Å². The first kappa shape index (κ1) is 19.8. The van der Waals surface area contributed by atoms with Crippen molar-refractivity contribution in [1.29, 1.82) is 5.26 Å². The molecular weight excluding hydrogens is 332 g/mol. The Morgan fingerprint density at radius 3 is 2.62 bits per heavy atom. The van der Waals surface area contributed by atoms with E-state index in [1.54, 1.807) is 26.8 Å². The minimum Gasteiger partial charge on any atom is -0.469 e. The molecule has 0 saturated heterocycles. The smallest absolute Gasteiger partial charge is 0.412 e. The highest BCUT2D eigenvalue weighted by Crippen LogP contribution is 2.52. The lowest BCUT2D eigenvalue weighted by Crippen LogP contribution is -2.43. The molecule has 1 fully saturated rings. The third-order valence-corrected chi connectivity index (χ3v) is 4.57. The van der Waals surface area contributed by atoms with E-state index in [0.717, 1.165) is 18.4 Å². The number of nitrogens with zero attached hydrogens (tertiary/aromatic N) is 1. The van der Waals surface area contributed by atoms with Crippen LogP contribution in [0.5, 0.6) is 0 Å². The molecular formula is C20H26N2O4. The van der Waals surface area contributed by atoms with E-state index in [1.807, 2.05) is 18.2 Å². The molecule has 1 aromatic rings. The van der Waals surface area contributed by atoms with Gasteiger partial charge in [0.05, 0.1) is 19.6 Å². The zero-order chi connectivity index (χ0) is 19.4. The first-order valence-electron chi connectivity index (χ1n) is 8.72. The van der Waals surface area contributed by atoms with Crippen LogP contribution in [-0.4, -0.2) is 24.8 Å². The van der Waals surface area contributed by atoms with Gasteiger partial charge in [-0.3, -0.25) is 10.1 Å². The summed E-state index contributed by atoms with van der Waals surface area (Å²) in [6.07, 6.45) is 1.74. The van der Waals surface area contributed by atoms with Gasteiger partial charge in [-0.15, -0.1) is 0 Å². The number of nitrogens with one attached hydrogen (secondary N) is 1. The average Bonchev–Trinajstić information content (AvgIpc) is 2.50. The normalized spacial score (nSPS) is 21.9. The summed E-state index contributed by atoms with van der Waals surface area (Å²) in [5.74, 6) is 0.0121. The molecule has 1 aromatic carbocycles. The van der Waals surface area contributed by atoms with Crippen LogP contribution in [0.2, 0.25) is 0 Å². The van der Waals surface area contributed by atoms with Crippen molar-refractivity contribution in [3.63, 3.8) is 0 Å². The van der Waals surface area contributed by atoms with Crippen LogP contribution in [-0.2, 0) is 19.7 Å². The summed E-state index contributed by atoms with van der Waals surface area (Å²) in [6, 6.07) is 9.64. The molecule has 26 heavy (non-hydrogen) atoms. The van der Waals surface area contributed by atoms with Gasteiger partial charge in [-0.2, -0.15) is 5.26 Å². The van der Waals surface area contributed by atoms with E-state index in [0.29, 0.717) is 12.1 Å². The van der Waals surface area contributed by atoms with Crippen molar-refractivity contribution in [3.05, 3.63) is 29.8 Å². The van der Waals surface area contributed by atoms with Crippen LogP contribution in [0.1, 0.15) is 52.0 Å². The minimum atomic E-state index is -0.577. The zero-order valence-corrected chi connectivity index (χ0v) is 15.8. The van der Waals surface area contributed by atoms with Crippen molar-refractivity contribution in [2.75, 3.05) is 12.4 Å². The first-order valence-corrected chi connectivity index (χ1v) is 8.72. The van der Waals surface area contributed by atoms with Gasteiger partial charge in [0.2, 0.25) is 0 Å². The zero-order valence-electron chi connectivity index (χ0n) is 15.8. The van der Waals surface area contributed by atoms with Gasteiger partial charge >= 0.3 is 12.1 Å². The summed E-state index contributed by atoms with van der Waals surface area (Å²) in [6.45, 7) is 5.41. The quantitative estimate of drug-likeness (QED) is 0.799. The molecule has 6 heteroatoms. The molecule has 1 amide bonds. The van der Waals surface area contributed by atoms with Crippen molar-refractivity contribution < 1.29 is 19.1 Å². The fourth-order valence-corrected chi connectivity index (χ4v) is 3.50. The van der Waals surface area contributed by atoms with E-state index in [4.69, 9.17) is 14.7 Å². The molecule has 1 saturated carbocycles. The number of hydrogen-bond donors (Lipinski definition) is 1. The minimum absolute atomic E-state index is 0.265. The Balaban J connectivity index is 2.18. The molecule has 2 rings (SSSR count). The molecule has 140 valence electrons. The Hall–Kier alpha value is -2.55. The summed E-state index contributed by atoms with van der Waals surface area (Å²) >= 11 is 0. The molecule has 6 nitrogen and oxygen atoms in total. The topological polar surface area (TPSA) is 88.4 Å². The third kappa shape index (κ3) is 4.98. The number of benzene rings is 1. The summed E-state index contributed by atoms with van der Waals surface area (Å²) in [7, 11) is 1.38. The predicted molar refractivity (Wildman–Crippen MR) is 97.6 cm³/mol. The van der Waals surface area contributed by atoms with Crippen LogP contribution in [0.4, 0.5) is 10.5 Å². The highest BCUT2D eigenvalue weighted by molar-refractivity contribution is 5.85. The first-order chi connectivity index (χ1) is 12.2. The Kier molecular flexibility index (Phi) is 5.91. The largest absolute Gasteiger partial charge is 0.469 e. The molecule has 1 aliphatic rings. The summed E-state index contributed by atoms with van der Waals surface area (Å²) in [5, 5.41) is 11.6. The van der Waals surface area contributed by atoms with Crippen LogP contribution in [0, 0.1) is 17.2 Å². The van der Waals surface area contributed by atoms with Gasteiger partial charge in [0.25, 0.3) is 0 Å². The summed E-state index contributed by atoms with van der Waals surface area (Å²) in [5.41, 5.74) is 0.655. The second kappa shape index (κ2) is 7.77. The fourth-order valence-electron chi connectivity index (χ4n) is 3.50. The number of ether oxygens (including phenoxy) is 2. The van der Waals surface area contributed by atoms with E-state index in [1.165, 1.54) is 7.11 Å². The molecule has 0 bridgehead atoms. The summed E-state index contributed by atoms with van der Waals surface area (Å²) in [4.78, 5) is 23.9. The Labute approximate surface area is 154 Å². The Bertz CT molecular complexity index is 709. The van der Waals surface area contributed by atoms with Gasteiger partial charge in [-0.1, -0.05) is 12.1 Å². The maximum atomic E-state index is 12.0. The number of carbonyl (C=O) groups is 2. The molecule has 0 spiro atoms. The van der Waals surface area contributed by atoms with E-state index < -0.39 is 11.7 Å². The van der Waals surface area contributed by atoms with E-state index in [2.05, 4.69) is 11.4 Å². The molecule has 0 atom stereocenters. The summed E-state index contributed by atoms with van der Waals surface area (Å²) < 4.78 is 10.1. The van der Waals surface area contributed by atoms with Crippen LogP contribution in [0.15, 0.2) is 24.3 Å². The van der Waals surface area contributed by atoms with Gasteiger partial charge in [0.15, 0.2) is 0 Å². The van der Waals surface area contributed by atoms with Gasteiger partial charge in [-0.25, -0.2) is 4.79 Å². The second-order valence-corrected chi connectivity index (χ2v) is 7.88. The van der Waals surface area contributed by atoms with Gasteiger partial charge in [0.1, 0.15) is 5.60 Å². The Morgan fingerprint density at radius 1 is 1.35 bits per heavy atom. The van der Waals surface area contributed by atoms with Crippen molar-refractivity contribution in [3.8, 4) is 6.07 Å². The van der Waals surface area contributed by atoms with Crippen LogP contribution in [0.25, 0.3) is 0 Å². The number of hydrogen-bond acceptors (Lipinski definition) is 5. The SMILES string of the molecule is COC(=O)CC1(c2cccc(NC(=O)OC(C)(C)C)c2)CC(CC#N)C1. The van der Waals surface area contributed by atoms with Crippen LogP contribution < -0.4 is 5.32 Å². The maximum absolute atomic E-state index is 12.0. The molecule has 0 aromatic heterocycles. The lowest BCUT2D eigenvalue weighted by molar-refractivity contribution is -0.143. The van der Waals surface area contributed by atoms with E-state index in [-0.39, 0.29) is 23.7 Å². The monoisotopic (exact) mass is 358 g/mol. The third-order valence-electron chi connectivity index (χ3n) is 4.57. The number of carbonyl (C=O) groups excluding carboxylic acids is 2. The van der Waals surface area contributed by atoms with Crippen LogP contribution in [0.3, 0.4) is 0 Å². The van der Waals surface area contributed by atoms with Crippen molar-refractivity contribution in [1.82, 2.24) is 0 Å².